The van der Waals surface area contributed by atoms with Gasteiger partial charge in [-0.3, -0.25) is 9.80 Å². The van der Waals surface area contributed by atoms with Crippen molar-refractivity contribution in [2.45, 2.75) is 19.5 Å². The average molecular weight is 535 g/mol. The van der Waals surface area contributed by atoms with Crippen LogP contribution in [-0.4, -0.2) is 76.9 Å². The molecule has 2 saturated heterocycles. The Morgan fingerprint density at radius 3 is 2.54 bits per heavy atom. The molecule has 8 nitrogen and oxygen atoms in total. The van der Waals surface area contributed by atoms with Crippen LogP contribution in [0.4, 0.5) is 14.5 Å². The highest BCUT2D eigenvalue weighted by molar-refractivity contribution is 5.81. The minimum Gasteiger partial charge on any atom is -0.398 e. The molecule has 39 heavy (non-hydrogen) atoms. The first-order valence-corrected chi connectivity index (χ1v) is 13.4. The van der Waals surface area contributed by atoms with Crippen LogP contribution in [0, 0.1) is 11.6 Å². The van der Waals surface area contributed by atoms with Crippen molar-refractivity contribution in [3.8, 4) is 17.1 Å². The molecule has 0 saturated carbocycles. The third-order valence-electron chi connectivity index (χ3n) is 7.67. The fraction of sp³-hybridized carbons (Fsp3) is 0.379. The number of fused-ring (bicyclic) bond motifs is 1. The Kier molecular flexibility index (Phi) is 7.26. The Labute approximate surface area is 226 Å². The standard InChI is InChI=1S/C29H32F2N6O2/c1-2-36-9-12-39-18-27(36)19-3-4-26(32)22(13-19)28-33-16-20-5-6-37(29(20)34-28)21-14-24(30)23(25(31)15-21)17-35-7-10-38-11-8-35/h3-6,13-16,27H,2,7-12,17-18,32H2,1H3/t27-/m1/s1. The largest absolute Gasteiger partial charge is 0.398 e. The van der Waals surface area contributed by atoms with Crippen molar-refractivity contribution in [1.82, 2.24) is 24.3 Å². The first-order valence-electron chi connectivity index (χ1n) is 13.4. The van der Waals surface area contributed by atoms with E-state index >= 15 is 8.78 Å². The van der Waals surface area contributed by atoms with Crippen LogP contribution in [0.3, 0.4) is 0 Å². The number of halogens is 2. The third-order valence-corrected chi connectivity index (χ3v) is 7.67. The van der Waals surface area contributed by atoms with Gasteiger partial charge in [-0.2, -0.15) is 0 Å². The predicted octanol–water partition coefficient (Wildman–Crippen LogP) is 4.17. The molecule has 204 valence electrons. The smallest absolute Gasteiger partial charge is 0.163 e. The number of likely N-dealkylation sites (N-methyl/N-ethyl adjacent to an activating group) is 1. The normalized spacial score (nSPS) is 19.1. The van der Waals surface area contributed by atoms with Gasteiger partial charge in [-0.15, -0.1) is 0 Å². The summed E-state index contributed by atoms with van der Waals surface area (Å²) >= 11 is 0. The Balaban J connectivity index is 1.34. The molecule has 0 amide bonds. The van der Waals surface area contributed by atoms with Gasteiger partial charge in [0.15, 0.2) is 5.82 Å². The van der Waals surface area contributed by atoms with Crippen molar-refractivity contribution in [2.24, 2.45) is 0 Å². The second-order valence-corrected chi connectivity index (χ2v) is 10.0. The number of aromatic nitrogens is 3. The van der Waals surface area contributed by atoms with Gasteiger partial charge in [0.05, 0.1) is 38.2 Å². The fourth-order valence-corrected chi connectivity index (χ4v) is 5.42. The van der Waals surface area contributed by atoms with Gasteiger partial charge in [0.1, 0.15) is 17.3 Å². The molecule has 2 aromatic heterocycles. The van der Waals surface area contributed by atoms with Gasteiger partial charge in [-0.05, 0) is 42.4 Å². The molecule has 0 aliphatic carbocycles. The number of nitrogen functional groups attached to an aromatic ring is 1. The van der Waals surface area contributed by atoms with E-state index < -0.39 is 11.6 Å². The van der Waals surface area contributed by atoms with Crippen molar-refractivity contribution in [3.05, 3.63) is 71.6 Å². The molecule has 2 aromatic carbocycles. The van der Waals surface area contributed by atoms with E-state index in [9.17, 15) is 0 Å². The summed E-state index contributed by atoms with van der Waals surface area (Å²) in [5.74, 6) is -0.717. The fourth-order valence-electron chi connectivity index (χ4n) is 5.42. The van der Waals surface area contributed by atoms with E-state index in [1.165, 1.54) is 12.1 Å². The lowest BCUT2D eigenvalue weighted by atomic mass is 10.0. The summed E-state index contributed by atoms with van der Waals surface area (Å²) in [6, 6.07) is 10.6. The highest BCUT2D eigenvalue weighted by atomic mass is 19.1. The molecule has 0 spiro atoms. The zero-order valence-corrected chi connectivity index (χ0v) is 21.9. The first-order chi connectivity index (χ1) is 19.0. The Morgan fingerprint density at radius 1 is 1.00 bits per heavy atom. The summed E-state index contributed by atoms with van der Waals surface area (Å²) in [5, 5.41) is 0.754. The van der Waals surface area contributed by atoms with Crippen LogP contribution >= 0.6 is 0 Å². The molecule has 0 radical (unpaired) electrons. The molecule has 6 rings (SSSR count). The van der Waals surface area contributed by atoms with Gasteiger partial charge >= 0.3 is 0 Å². The zero-order chi connectivity index (χ0) is 26.9. The quantitative estimate of drug-likeness (QED) is 0.372. The Hall–Kier alpha value is -3.44. The monoisotopic (exact) mass is 534 g/mol. The summed E-state index contributed by atoms with van der Waals surface area (Å²) in [5.41, 5.74) is 9.69. The number of ether oxygens (including phenoxy) is 2. The number of nitrogens with two attached hydrogens (primary N) is 1. The number of hydrogen-bond acceptors (Lipinski definition) is 7. The summed E-state index contributed by atoms with van der Waals surface area (Å²) in [4.78, 5) is 13.7. The molecule has 2 N–H and O–H groups in total. The second kappa shape index (κ2) is 11.0. The minimum absolute atomic E-state index is 0.0600. The van der Waals surface area contributed by atoms with Crippen LogP contribution in [0.1, 0.15) is 24.1 Å². The Morgan fingerprint density at radius 2 is 1.77 bits per heavy atom. The predicted molar refractivity (Wildman–Crippen MR) is 146 cm³/mol. The van der Waals surface area contributed by atoms with Crippen LogP contribution in [-0.2, 0) is 16.0 Å². The molecule has 2 aliphatic heterocycles. The molecule has 4 heterocycles. The lowest BCUT2D eigenvalue weighted by Crippen LogP contribution is -2.39. The van der Waals surface area contributed by atoms with E-state index in [1.807, 2.05) is 29.2 Å². The number of anilines is 1. The lowest BCUT2D eigenvalue weighted by Gasteiger charge is -2.35. The van der Waals surface area contributed by atoms with Crippen molar-refractivity contribution >= 4 is 16.7 Å². The maximum Gasteiger partial charge on any atom is 0.163 e. The third kappa shape index (κ3) is 5.12. The van der Waals surface area contributed by atoms with E-state index in [0.29, 0.717) is 61.3 Å². The van der Waals surface area contributed by atoms with Gasteiger partial charge in [0.25, 0.3) is 0 Å². The summed E-state index contributed by atoms with van der Waals surface area (Å²) in [6.45, 7) is 7.90. The molecular weight excluding hydrogens is 502 g/mol. The zero-order valence-electron chi connectivity index (χ0n) is 21.9. The highest BCUT2D eigenvalue weighted by Gasteiger charge is 2.25. The topological polar surface area (TPSA) is 81.7 Å². The number of hydrogen-bond donors (Lipinski definition) is 1. The first kappa shape index (κ1) is 25.8. The average Bonchev–Trinajstić information content (AvgIpc) is 3.39. The number of rotatable bonds is 6. The van der Waals surface area contributed by atoms with Crippen LogP contribution in [0.2, 0.25) is 0 Å². The second-order valence-electron chi connectivity index (χ2n) is 10.0. The molecule has 2 fully saturated rings. The van der Waals surface area contributed by atoms with Gasteiger partial charge < -0.3 is 19.8 Å². The molecule has 4 aromatic rings. The van der Waals surface area contributed by atoms with Gasteiger partial charge in [0, 0.05) is 60.8 Å². The molecule has 1 atom stereocenters. The summed E-state index contributed by atoms with van der Waals surface area (Å²) in [6.07, 6.45) is 3.46. The van der Waals surface area contributed by atoms with E-state index in [0.717, 1.165) is 30.6 Å². The Bertz CT molecular complexity index is 1460. The number of morpholine rings is 2. The lowest BCUT2D eigenvalue weighted by molar-refractivity contribution is -0.00572. The van der Waals surface area contributed by atoms with E-state index in [4.69, 9.17) is 20.2 Å². The van der Waals surface area contributed by atoms with E-state index in [1.54, 1.807) is 17.0 Å². The van der Waals surface area contributed by atoms with Gasteiger partial charge in [-0.1, -0.05) is 13.0 Å². The summed E-state index contributed by atoms with van der Waals surface area (Å²) in [7, 11) is 0. The molecule has 10 heteroatoms. The van der Waals surface area contributed by atoms with Gasteiger partial charge in [-0.25, -0.2) is 18.7 Å². The van der Waals surface area contributed by atoms with Crippen LogP contribution in [0.15, 0.2) is 48.8 Å². The molecular formula is C29H32F2N6O2. The minimum atomic E-state index is -0.584. The molecule has 0 unspecified atom stereocenters. The highest BCUT2D eigenvalue weighted by Crippen LogP contribution is 2.32. The van der Waals surface area contributed by atoms with E-state index in [-0.39, 0.29) is 18.2 Å². The van der Waals surface area contributed by atoms with Crippen LogP contribution in [0.25, 0.3) is 28.1 Å². The van der Waals surface area contributed by atoms with Crippen molar-refractivity contribution < 1.29 is 18.3 Å². The van der Waals surface area contributed by atoms with Crippen LogP contribution in [0.5, 0.6) is 0 Å². The van der Waals surface area contributed by atoms with Crippen molar-refractivity contribution in [2.75, 3.05) is 58.3 Å². The van der Waals surface area contributed by atoms with Crippen molar-refractivity contribution in [3.63, 3.8) is 0 Å². The van der Waals surface area contributed by atoms with E-state index in [2.05, 4.69) is 16.8 Å². The van der Waals surface area contributed by atoms with Crippen LogP contribution < -0.4 is 5.73 Å². The summed E-state index contributed by atoms with van der Waals surface area (Å²) < 4.78 is 43.1. The number of benzene rings is 2. The van der Waals surface area contributed by atoms with Crippen molar-refractivity contribution in [1.29, 1.82) is 0 Å². The number of nitrogens with zero attached hydrogens (tertiary/aromatic N) is 5. The maximum absolute atomic E-state index is 15.2. The molecule has 0 bridgehead atoms. The van der Waals surface area contributed by atoms with Gasteiger partial charge in [0.2, 0.25) is 0 Å². The SMILES string of the molecule is CCN1CCOC[C@@H]1c1ccc(N)c(-c2ncc3ccn(-c4cc(F)c(CN5CCOCC5)c(F)c4)c3n2)c1. The maximum atomic E-state index is 15.2. The molecule has 2 aliphatic rings.